The predicted molar refractivity (Wildman–Crippen MR) is 61.7 cm³/mol. The number of hydrogen-bond acceptors (Lipinski definition) is 1. The molecule has 1 aromatic carbocycles. The highest BCUT2D eigenvalue weighted by atomic mass is 14.9. The fourth-order valence-corrected chi connectivity index (χ4v) is 1.95. The third-order valence-electron chi connectivity index (χ3n) is 2.77. The van der Waals surface area contributed by atoms with E-state index in [2.05, 4.69) is 30.7 Å². The number of fused-ring (bicyclic) bond motifs is 1. The molecule has 0 amide bonds. The van der Waals surface area contributed by atoms with E-state index in [1.807, 2.05) is 25.2 Å². The number of aromatic nitrogens is 1. The number of nitriles is 1. The Hall–Kier alpha value is -1.75. The van der Waals surface area contributed by atoms with Crippen LogP contribution in [0.3, 0.4) is 0 Å². The van der Waals surface area contributed by atoms with E-state index in [1.54, 1.807) is 0 Å². The zero-order valence-corrected chi connectivity index (χ0v) is 9.28. The van der Waals surface area contributed by atoms with E-state index in [0.29, 0.717) is 5.92 Å². The van der Waals surface area contributed by atoms with Crippen molar-refractivity contribution < 1.29 is 0 Å². The third-order valence-corrected chi connectivity index (χ3v) is 2.77. The summed E-state index contributed by atoms with van der Waals surface area (Å²) in [6, 6.07) is 8.04. The van der Waals surface area contributed by atoms with Gasteiger partial charge >= 0.3 is 0 Å². The van der Waals surface area contributed by atoms with Gasteiger partial charge in [-0.15, -0.1) is 0 Å². The molecule has 0 fully saturated rings. The molecule has 0 saturated carbocycles. The molecule has 2 nitrogen and oxygen atoms in total. The first-order chi connectivity index (χ1) is 7.13. The fourth-order valence-electron chi connectivity index (χ4n) is 1.95. The average molecular weight is 198 g/mol. The summed E-state index contributed by atoms with van der Waals surface area (Å²) < 4.78 is 2.12. The van der Waals surface area contributed by atoms with Gasteiger partial charge in [0.2, 0.25) is 0 Å². The molecule has 15 heavy (non-hydrogen) atoms. The average Bonchev–Trinajstić information content (AvgIpc) is 2.56. The van der Waals surface area contributed by atoms with Gasteiger partial charge in [-0.3, -0.25) is 0 Å². The summed E-state index contributed by atoms with van der Waals surface area (Å²) >= 11 is 0. The highest BCUT2D eigenvalue weighted by molar-refractivity contribution is 5.85. The van der Waals surface area contributed by atoms with Gasteiger partial charge in [0, 0.05) is 24.1 Å². The largest absolute Gasteiger partial charge is 0.350 e. The summed E-state index contributed by atoms with van der Waals surface area (Å²) in [5.74, 6) is 0.489. The van der Waals surface area contributed by atoms with Crippen LogP contribution in [0.4, 0.5) is 0 Å². The van der Waals surface area contributed by atoms with Crippen LogP contribution in [-0.2, 0) is 7.05 Å². The molecular formula is C13H14N2. The van der Waals surface area contributed by atoms with Gasteiger partial charge in [0.05, 0.1) is 11.6 Å². The zero-order valence-electron chi connectivity index (χ0n) is 9.28. The van der Waals surface area contributed by atoms with Crippen molar-refractivity contribution in [3.05, 3.63) is 35.5 Å². The highest BCUT2D eigenvalue weighted by Gasteiger charge is 2.09. The molecule has 76 valence electrons. The van der Waals surface area contributed by atoms with Crippen LogP contribution < -0.4 is 0 Å². The SMILES string of the molecule is CC(C)c1cn(C)c2ccc(C#N)cc12. The first-order valence-electron chi connectivity index (χ1n) is 5.12. The first kappa shape index (κ1) is 9.79. The quantitative estimate of drug-likeness (QED) is 0.691. The van der Waals surface area contributed by atoms with Gasteiger partial charge in [0.15, 0.2) is 0 Å². The Morgan fingerprint density at radius 1 is 1.33 bits per heavy atom. The molecule has 2 rings (SSSR count). The van der Waals surface area contributed by atoms with E-state index in [4.69, 9.17) is 5.26 Å². The van der Waals surface area contributed by atoms with Crippen LogP contribution in [0.15, 0.2) is 24.4 Å². The molecule has 0 aliphatic rings. The van der Waals surface area contributed by atoms with E-state index >= 15 is 0 Å². The summed E-state index contributed by atoms with van der Waals surface area (Å²) in [4.78, 5) is 0. The first-order valence-corrected chi connectivity index (χ1v) is 5.12. The van der Waals surface area contributed by atoms with Crippen molar-refractivity contribution in [2.75, 3.05) is 0 Å². The summed E-state index contributed by atoms with van der Waals surface area (Å²) in [5.41, 5.74) is 3.23. The van der Waals surface area contributed by atoms with Crippen LogP contribution >= 0.6 is 0 Å². The Morgan fingerprint density at radius 3 is 2.67 bits per heavy atom. The topological polar surface area (TPSA) is 28.7 Å². The smallest absolute Gasteiger partial charge is 0.0991 e. The van der Waals surface area contributed by atoms with E-state index in [9.17, 15) is 0 Å². The van der Waals surface area contributed by atoms with E-state index in [0.717, 1.165) is 5.56 Å². The van der Waals surface area contributed by atoms with Crippen LogP contribution in [0.1, 0.15) is 30.9 Å². The molecule has 0 unspecified atom stereocenters. The van der Waals surface area contributed by atoms with E-state index in [-0.39, 0.29) is 0 Å². The number of nitrogens with zero attached hydrogens (tertiary/aromatic N) is 2. The van der Waals surface area contributed by atoms with Crippen molar-refractivity contribution in [3.63, 3.8) is 0 Å². The Morgan fingerprint density at radius 2 is 2.07 bits per heavy atom. The summed E-state index contributed by atoms with van der Waals surface area (Å²) in [6.07, 6.45) is 2.15. The molecule has 0 atom stereocenters. The van der Waals surface area contributed by atoms with Gasteiger partial charge in [0.25, 0.3) is 0 Å². The van der Waals surface area contributed by atoms with Crippen molar-refractivity contribution in [3.8, 4) is 6.07 Å². The van der Waals surface area contributed by atoms with Crippen molar-refractivity contribution in [2.45, 2.75) is 19.8 Å². The summed E-state index contributed by atoms with van der Waals surface area (Å²) in [6.45, 7) is 4.35. The van der Waals surface area contributed by atoms with E-state index < -0.39 is 0 Å². The van der Waals surface area contributed by atoms with Crippen LogP contribution in [0.5, 0.6) is 0 Å². The third kappa shape index (κ3) is 1.50. The maximum atomic E-state index is 8.88. The molecule has 1 heterocycles. The van der Waals surface area contributed by atoms with Crippen molar-refractivity contribution >= 4 is 10.9 Å². The zero-order chi connectivity index (χ0) is 11.0. The number of benzene rings is 1. The second-order valence-corrected chi connectivity index (χ2v) is 4.19. The summed E-state index contributed by atoms with van der Waals surface area (Å²) in [7, 11) is 2.04. The second kappa shape index (κ2) is 3.43. The molecule has 0 saturated heterocycles. The van der Waals surface area contributed by atoms with Crippen molar-refractivity contribution in [1.29, 1.82) is 5.26 Å². The lowest BCUT2D eigenvalue weighted by Crippen LogP contribution is -1.84. The fraction of sp³-hybridized carbons (Fsp3) is 0.308. The molecule has 0 aliphatic carbocycles. The van der Waals surface area contributed by atoms with Crippen LogP contribution in [0.2, 0.25) is 0 Å². The van der Waals surface area contributed by atoms with Crippen molar-refractivity contribution in [1.82, 2.24) is 4.57 Å². The van der Waals surface area contributed by atoms with Crippen LogP contribution in [0, 0.1) is 11.3 Å². The molecule has 0 aliphatic heterocycles. The predicted octanol–water partition coefficient (Wildman–Crippen LogP) is 3.17. The normalized spacial score (nSPS) is 10.9. The molecule has 2 aromatic rings. The summed E-state index contributed by atoms with van der Waals surface area (Å²) in [5, 5.41) is 10.1. The van der Waals surface area contributed by atoms with Gasteiger partial charge in [-0.05, 0) is 29.7 Å². The minimum absolute atomic E-state index is 0.489. The van der Waals surface area contributed by atoms with Gasteiger partial charge in [-0.25, -0.2) is 0 Å². The van der Waals surface area contributed by atoms with Gasteiger partial charge < -0.3 is 4.57 Å². The Labute approximate surface area is 89.7 Å². The molecule has 0 N–H and O–H groups in total. The molecule has 2 heteroatoms. The lowest BCUT2D eigenvalue weighted by atomic mass is 10.0. The maximum Gasteiger partial charge on any atom is 0.0991 e. The minimum Gasteiger partial charge on any atom is -0.350 e. The van der Waals surface area contributed by atoms with Gasteiger partial charge in [-0.2, -0.15) is 5.26 Å². The van der Waals surface area contributed by atoms with Crippen molar-refractivity contribution in [2.24, 2.45) is 7.05 Å². The van der Waals surface area contributed by atoms with Crippen LogP contribution in [-0.4, -0.2) is 4.57 Å². The van der Waals surface area contributed by atoms with Crippen LogP contribution in [0.25, 0.3) is 10.9 Å². The lowest BCUT2D eigenvalue weighted by molar-refractivity contribution is 0.857. The highest BCUT2D eigenvalue weighted by Crippen LogP contribution is 2.27. The van der Waals surface area contributed by atoms with Gasteiger partial charge in [0.1, 0.15) is 0 Å². The minimum atomic E-state index is 0.489. The van der Waals surface area contributed by atoms with E-state index in [1.165, 1.54) is 16.5 Å². The lowest BCUT2D eigenvalue weighted by Gasteiger charge is -2.01. The van der Waals surface area contributed by atoms with Gasteiger partial charge in [-0.1, -0.05) is 13.8 Å². The Bertz CT molecular complexity index is 541. The number of hydrogen-bond donors (Lipinski definition) is 0. The Kier molecular flexibility index (Phi) is 2.24. The maximum absolute atomic E-state index is 8.88. The molecule has 1 aromatic heterocycles. The number of aryl methyl sites for hydroxylation is 1. The molecule has 0 spiro atoms. The Balaban J connectivity index is 2.79. The molecule has 0 bridgehead atoms. The monoisotopic (exact) mass is 198 g/mol. The standard InChI is InChI=1S/C13H14N2/c1-9(2)12-8-15(3)13-5-4-10(7-14)6-11(12)13/h4-6,8-9H,1-3H3. The second-order valence-electron chi connectivity index (χ2n) is 4.19. The number of rotatable bonds is 1. The molecule has 0 radical (unpaired) electrons. The molecular weight excluding hydrogens is 184 g/mol.